The summed E-state index contributed by atoms with van der Waals surface area (Å²) in [6.45, 7) is 9.39. The van der Waals surface area contributed by atoms with Gasteiger partial charge < -0.3 is 31.3 Å². The van der Waals surface area contributed by atoms with Crippen LogP contribution in [-0.2, 0) is 6.54 Å². The first kappa shape index (κ1) is 23.9. The van der Waals surface area contributed by atoms with Crippen molar-refractivity contribution < 1.29 is 31.3 Å². The van der Waals surface area contributed by atoms with Gasteiger partial charge >= 0.3 is 0 Å². The summed E-state index contributed by atoms with van der Waals surface area (Å²) in [4.78, 5) is 4.53. The van der Waals surface area contributed by atoms with E-state index in [0.717, 1.165) is 52.8 Å². The van der Waals surface area contributed by atoms with Crippen LogP contribution in [0.3, 0.4) is 0 Å². The zero-order valence-corrected chi connectivity index (χ0v) is 21.0. The first-order chi connectivity index (χ1) is 15.5. The molecule has 0 spiro atoms. The van der Waals surface area contributed by atoms with E-state index in [9.17, 15) is 5.11 Å². The first-order valence-electron chi connectivity index (χ1n) is 11.7. The molecule has 4 heterocycles. The maximum Gasteiger partial charge on any atom is 0.131 e. The molecule has 3 aliphatic rings. The Morgan fingerprint density at radius 2 is 2.00 bits per heavy atom. The molecule has 0 saturated carbocycles. The Morgan fingerprint density at radius 1 is 1.21 bits per heavy atom. The van der Waals surface area contributed by atoms with Gasteiger partial charge in [0.25, 0.3) is 0 Å². The van der Waals surface area contributed by atoms with E-state index in [4.69, 9.17) is 4.74 Å². The molecule has 5 heteroatoms. The molecule has 3 aromatic rings. The summed E-state index contributed by atoms with van der Waals surface area (Å²) in [7, 11) is 1.68. The number of hydrogen-bond acceptors (Lipinski definition) is 3. The van der Waals surface area contributed by atoms with Crippen LogP contribution in [0.5, 0.6) is 5.75 Å². The van der Waals surface area contributed by atoms with Crippen molar-refractivity contribution in [2.45, 2.75) is 38.5 Å². The minimum Gasteiger partial charge on any atom is -1.00 e. The van der Waals surface area contributed by atoms with E-state index in [1.165, 1.54) is 17.5 Å². The lowest BCUT2D eigenvalue weighted by Gasteiger charge is -2.58. The molecule has 2 bridgehead atoms. The molecule has 3 saturated heterocycles. The number of hydrogen-bond donors (Lipinski definition) is 1. The molecule has 3 fully saturated rings. The predicted molar refractivity (Wildman–Crippen MR) is 128 cm³/mol. The summed E-state index contributed by atoms with van der Waals surface area (Å²) in [6.07, 6.45) is 5.66. The number of benzene rings is 2. The monoisotopic (exact) mass is 508 g/mol. The molecule has 0 amide bonds. The van der Waals surface area contributed by atoms with Gasteiger partial charge in [0.2, 0.25) is 0 Å². The number of aliphatic hydroxyl groups is 1. The average molecular weight is 509 g/mol. The molecule has 6 rings (SSSR count). The smallest absolute Gasteiger partial charge is 0.131 e. The van der Waals surface area contributed by atoms with Crippen molar-refractivity contribution in [3.63, 3.8) is 0 Å². The van der Waals surface area contributed by atoms with Crippen molar-refractivity contribution >= 4 is 10.9 Å². The number of aromatic nitrogens is 1. The Bertz CT molecular complexity index is 1130. The summed E-state index contributed by atoms with van der Waals surface area (Å²) in [5, 5.41) is 12.8. The standard InChI is InChI=1S/C28H33N2O2.BrH/c1-4-21-18-30(17-20-7-5-19(2)6-8-20)14-12-22(21)15-27(30)28(31)24-11-13-29-26-10-9-23(32-3)16-25(24)26;/h4-11,13,16,21-22,27-28,31H,1,12,14-15,17-18H2,2-3H3;1H/q+1;/p-1/t21-,22-,27+,28-,30?;/m0./s1. The number of nitrogens with zero attached hydrogens (tertiary/aromatic N) is 2. The highest BCUT2D eigenvalue weighted by Crippen LogP contribution is 2.48. The van der Waals surface area contributed by atoms with Gasteiger partial charge in [0, 0.05) is 35.9 Å². The Labute approximate surface area is 207 Å². The van der Waals surface area contributed by atoms with Crippen molar-refractivity contribution in [1.29, 1.82) is 0 Å². The third kappa shape index (κ3) is 4.34. The number of pyridine rings is 1. The quantitative estimate of drug-likeness (QED) is 0.410. The average Bonchev–Trinajstić information content (AvgIpc) is 2.84. The summed E-state index contributed by atoms with van der Waals surface area (Å²) >= 11 is 0. The number of aryl methyl sites for hydroxylation is 1. The lowest BCUT2D eigenvalue weighted by molar-refractivity contribution is -0.984. The van der Waals surface area contributed by atoms with Crippen molar-refractivity contribution in [3.8, 4) is 5.75 Å². The van der Waals surface area contributed by atoms with Crippen molar-refractivity contribution in [2.24, 2.45) is 11.8 Å². The Balaban J connectivity index is 0.00000259. The molecule has 3 aliphatic heterocycles. The number of rotatable bonds is 6. The highest BCUT2D eigenvalue weighted by Gasteiger charge is 2.53. The fourth-order valence-electron chi connectivity index (χ4n) is 6.18. The van der Waals surface area contributed by atoms with Crippen molar-refractivity contribution in [3.05, 3.63) is 84.1 Å². The molecule has 0 radical (unpaired) electrons. The summed E-state index contributed by atoms with van der Waals surface area (Å²) in [6, 6.07) is 17.0. The van der Waals surface area contributed by atoms with Crippen LogP contribution in [0.2, 0.25) is 0 Å². The van der Waals surface area contributed by atoms with Crippen LogP contribution >= 0.6 is 0 Å². The van der Waals surface area contributed by atoms with E-state index in [1.807, 2.05) is 30.5 Å². The number of methoxy groups -OCH3 is 1. The van der Waals surface area contributed by atoms with Crippen LogP contribution in [0.15, 0.2) is 67.4 Å². The zero-order chi connectivity index (χ0) is 22.3. The van der Waals surface area contributed by atoms with Crippen LogP contribution in [0.1, 0.15) is 35.6 Å². The van der Waals surface area contributed by atoms with Crippen molar-refractivity contribution in [1.82, 2.24) is 4.98 Å². The maximum atomic E-state index is 11.9. The Hall–Kier alpha value is -2.21. The molecule has 1 N–H and O–H groups in total. The molecule has 1 unspecified atom stereocenters. The highest BCUT2D eigenvalue weighted by atomic mass is 79.9. The van der Waals surface area contributed by atoms with Gasteiger partial charge in [-0.1, -0.05) is 35.9 Å². The van der Waals surface area contributed by atoms with Gasteiger partial charge in [-0.3, -0.25) is 4.98 Å². The second-order valence-corrected chi connectivity index (χ2v) is 9.75. The molecule has 0 aliphatic carbocycles. The molecule has 4 nitrogen and oxygen atoms in total. The summed E-state index contributed by atoms with van der Waals surface area (Å²) < 4.78 is 6.39. The SMILES string of the molecule is C=C[C@H]1C[N+]2(Cc3ccc(C)cc3)CC[C@H]1C[C@@H]2[C@@H](O)c1ccnc2ccc(OC)cc12.[Br-]. The van der Waals surface area contributed by atoms with Crippen LogP contribution in [0.4, 0.5) is 0 Å². The molecular formula is C28H33BrN2O2. The van der Waals surface area contributed by atoms with E-state index < -0.39 is 6.10 Å². The molecule has 33 heavy (non-hydrogen) atoms. The zero-order valence-electron chi connectivity index (χ0n) is 19.5. The summed E-state index contributed by atoms with van der Waals surface area (Å²) in [5.41, 5.74) is 4.48. The van der Waals surface area contributed by atoms with E-state index in [0.29, 0.717) is 11.8 Å². The van der Waals surface area contributed by atoms with Crippen LogP contribution in [0, 0.1) is 18.8 Å². The van der Waals surface area contributed by atoms with Gasteiger partial charge in [-0.2, -0.15) is 0 Å². The first-order valence-corrected chi connectivity index (χ1v) is 11.7. The van der Waals surface area contributed by atoms with Crippen LogP contribution in [0.25, 0.3) is 10.9 Å². The predicted octanol–water partition coefficient (Wildman–Crippen LogP) is 2.20. The lowest BCUT2D eigenvalue weighted by Crippen LogP contribution is -3.00. The van der Waals surface area contributed by atoms with Gasteiger partial charge in [-0.05, 0) is 42.7 Å². The van der Waals surface area contributed by atoms with Gasteiger partial charge in [-0.15, -0.1) is 6.58 Å². The molecule has 174 valence electrons. The van der Waals surface area contributed by atoms with Gasteiger partial charge in [0.15, 0.2) is 0 Å². The Kier molecular flexibility index (Phi) is 6.94. The number of quaternary nitrogens is 1. The molecule has 1 aromatic heterocycles. The lowest BCUT2D eigenvalue weighted by atomic mass is 9.71. The minimum atomic E-state index is -0.549. The van der Waals surface area contributed by atoms with E-state index >= 15 is 0 Å². The molecular weight excluding hydrogens is 476 g/mol. The number of halogens is 1. The molecule has 5 atom stereocenters. The third-order valence-corrected chi connectivity index (χ3v) is 7.96. The Morgan fingerprint density at radius 3 is 2.73 bits per heavy atom. The fraction of sp³-hybridized carbons (Fsp3) is 0.393. The number of fused-ring (bicyclic) bond motifs is 4. The summed E-state index contributed by atoms with van der Waals surface area (Å²) in [5.74, 6) is 1.92. The van der Waals surface area contributed by atoms with E-state index in [-0.39, 0.29) is 23.0 Å². The second kappa shape index (κ2) is 9.57. The maximum absolute atomic E-state index is 11.9. The van der Waals surface area contributed by atoms with E-state index in [1.54, 1.807) is 7.11 Å². The van der Waals surface area contributed by atoms with Crippen LogP contribution < -0.4 is 21.7 Å². The molecule has 2 aromatic carbocycles. The van der Waals surface area contributed by atoms with Gasteiger partial charge in [-0.25, -0.2) is 0 Å². The number of piperidine rings is 3. The minimum absolute atomic E-state index is 0. The number of ether oxygens (including phenoxy) is 1. The third-order valence-electron chi connectivity index (χ3n) is 7.96. The normalized spacial score (nSPS) is 27.1. The second-order valence-electron chi connectivity index (χ2n) is 9.75. The largest absolute Gasteiger partial charge is 1.00 e. The van der Waals surface area contributed by atoms with Crippen LogP contribution in [-0.4, -0.2) is 40.8 Å². The van der Waals surface area contributed by atoms with Gasteiger partial charge in [0.1, 0.15) is 24.4 Å². The topological polar surface area (TPSA) is 42.4 Å². The highest BCUT2D eigenvalue weighted by molar-refractivity contribution is 5.83. The van der Waals surface area contributed by atoms with Gasteiger partial charge in [0.05, 0.1) is 25.7 Å². The van der Waals surface area contributed by atoms with E-state index in [2.05, 4.69) is 48.8 Å². The fourth-order valence-corrected chi connectivity index (χ4v) is 6.18. The van der Waals surface area contributed by atoms with Crippen molar-refractivity contribution in [2.75, 3.05) is 20.2 Å². The number of aliphatic hydroxyl groups excluding tert-OH is 1.